The highest BCUT2D eigenvalue weighted by Crippen LogP contribution is 2.52. The lowest BCUT2D eigenvalue weighted by Crippen LogP contribution is -2.58. The zero-order valence-electron chi connectivity index (χ0n) is 15.6. The van der Waals surface area contributed by atoms with Crippen molar-refractivity contribution in [2.75, 3.05) is 0 Å². The Bertz CT molecular complexity index is 439. The SMILES string of the molecule is CCCCCC1CC(O)C2C(C1)OC(C)(C)[C@H]1CCC(C)=C[C@@H]21. The molecule has 2 fully saturated rings. The minimum Gasteiger partial charge on any atom is -0.393 e. The third-order valence-electron chi connectivity index (χ3n) is 6.81. The van der Waals surface area contributed by atoms with Crippen molar-refractivity contribution in [1.29, 1.82) is 0 Å². The van der Waals surface area contributed by atoms with Gasteiger partial charge in [-0.1, -0.05) is 44.3 Å². The lowest BCUT2D eigenvalue weighted by Gasteiger charge is -2.56. The van der Waals surface area contributed by atoms with Crippen molar-refractivity contribution in [3.05, 3.63) is 11.6 Å². The Hall–Kier alpha value is -0.340. The molecule has 4 unspecified atom stereocenters. The molecule has 3 aliphatic rings. The Labute approximate surface area is 142 Å². The van der Waals surface area contributed by atoms with Gasteiger partial charge in [-0.25, -0.2) is 0 Å². The molecule has 1 aliphatic heterocycles. The molecule has 132 valence electrons. The van der Waals surface area contributed by atoms with E-state index in [1.54, 1.807) is 0 Å². The first-order chi connectivity index (χ1) is 10.9. The van der Waals surface area contributed by atoms with Gasteiger partial charge in [0.15, 0.2) is 0 Å². The fourth-order valence-electron chi connectivity index (χ4n) is 5.65. The summed E-state index contributed by atoms with van der Waals surface area (Å²) < 4.78 is 6.60. The number of fused-ring (bicyclic) bond motifs is 3. The van der Waals surface area contributed by atoms with Crippen molar-refractivity contribution in [3.8, 4) is 0 Å². The fourth-order valence-corrected chi connectivity index (χ4v) is 5.65. The first kappa shape index (κ1) is 17.5. The first-order valence-corrected chi connectivity index (χ1v) is 9.95. The Morgan fingerprint density at radius 1 is 1.26 bits per heavy atom. The van der Waals surface area contributed by atoms with Crippen molar-refractivity contribution in [2.24, 2.45) is 23.7 Å². The highest BCUT2D eigenvalue weighted by molar-refractivity contribution is 5.15. The molecular weight excluding hydrogens is 284 g/mol. The molecule has 23 heavy (non-hydrogen) atoms. The van der Waals surface area contributed by atoms with E-state index in [9.17, 15) is 5.11 Å². The molecule has 0 aromatic rings. The molecule has 0 amide bonds. The van der Waals surface area contributed by atoms with Crippen LogP contribution in [0.3, 0.4) is 0 Å². The van der Waals surface area contributed by atoms with Crippen LogP contribution in [0, 0.1) is 23.7 Å². The van der Waals surface area contributed by atoms with E-state index >= 15 is 0 Å². The minimum absolute atomic E-state index is 0.0476. The third kappa shape index (κ3) is 3.54. The lowest BCUT2D eigenvalue weighted by molar-refractivity contribution is -0.226. The van der Waals surface area contributed by atoms with Crippen molar-refractivity contribution >= 4 is 0 Å². The Balaban J connectivity index is 1.76. The van der Waals surface area contributed by atoms with Gasteiger partial charge in [0.05, 0.1) is 17.8 Å². The van der Waals surface area contributed by atoms with Gasteiger partial charge in [-0.15, -0.1) is 0 Å². The van der Waals surface area contributed by atoms with Gasteiger partial charge in [0.2, 0.25) is 0 Å². The van der Waals surface area contributed by atoms with E-state index in [0.29, 0.717) is 23.7 Å². The normalized spacial score (nSPS) is 42.6. The number of ether oxygens (including phenoxy) is 1. The summed E-state index contributed by atoms with van der Waals surface area (Å²) in [5.74, 6) is 2.06. The number of hydrogen-bond donors (Lipinski definition) is 1. The summed E-state index contributed by atoms with van der Waals surface area (Å²) in [6.45, 7) is 9.08. The molecule has 1 N–H and O–H groups in total. The maximum atomic E-state index is 10.9. The van der Waals surface area contributed by atoms with E-state index in [2.05, 4.69) is 33.8 Å². The molecule has 1 saturated carbocycles. The predicted molar refractivity (Wildman–Crippen MR) is 95.3 cm³/mol. The summed E-state index contributed by atoms with van der Waals surface area (Å²) in [6, 6.07) is 0. The van der Waals surface area contributed by atoms with E-state index in [1.165, 1.54) is 44.1 Å². The summed E-state index contributed by atoms with van der Waals surface area (Å²) in [7, 11) is 0. The first-order valence-electron chi connectivity index (χ1n) is 9.95. The molecule has 0 aromatic carbocycles. The predicted octanol–water partition coefficient (Wildman–Crippen LogP) is 5.10. The summed E-state index contributed by atoms with van der Waals surface area (Å²) in [6.07, 6.45) is 12.3. The summed E-state index contributed by atoms with van der Waals surface area (Å²) in [4.78, 5) is 0. The van der Waals surface area contributed by atoms with Gasteiger partial charge in [0, 0.05) is 5.92 Å². The van der Waals surface area contributed by atoms with Crippen LogP contribution in [0.1, 0.15) is 79.1 Å². The third-order valence-corrected chi connectivity index (χ3v) is 6.81. The van der Waals surface area contributed by atoms with Gasteiger partial charge in [-0.05, 0) is 64.2 Å². The molecule has 0 radical (unpaired) electrons. The van der Waals surface area contributed by atoms with Crippen LogP contribution in [0.25, 0.3) is 0 Å². The van der Waals surface area contributed by atoms with Crippen molar-refractivity contribution in [2.45, 2.75) is 96.9 Å². The maximum Gasteiger partial charge on any atom is 0.0664 e. The van der Waals surface area contributed by atoms with Crippen molar-refractivity contribution < 1.29 is 9.84 Å². The topological polar surface area (TPSA) is 29.5 Å². The van der Waals surface area contributed by atoms with Crippen molar-refractivity contribution in [3.63, 3.8) is 0 Å². The smallest absolute Gasteiger partial charge is 0.0664 e. The standard InChI is InChI=1S/C21H36O2/c1-5-6-7-8-15-12-18(22)20-16-11-14(2)9-10-17(16)21(3,4)23-19(20)13-15/h11,15-20,22H,5-10,12-13H2,1-4H3/t15?,16-,17+,18?,19?,20?/m1/s1. The van der Waals surface area contributed by atoms with Gasteiger partial charge in [0.25, 0.3) is 0 Å². The molecule has 1 saturated heterocycles. The average molecular weight is 321 g/mol. The fraction of sp³-hybridized carbons (Fsp3) is 0.905. The average Bonchev–Trinajstić information content (AvgIpc) is 2.46. The van der Waals surface area contributed by atoms with E-state index < -0.39 is 0 Å². The Kier molecular flexibility index (Phi) is 5.23. The van der Waals surface area contributed by atoms with Crippen LogP contribution < -0.4 is 0 Å². The van der Waals surface area contributed by atoms with Crippen molar-refractivity contribution in [1.82, 2.24) is 0 Å². The van der Waals surface area contributed by atoms with Gasteiger partial charge in [-0.2, -0.15) is 0 Å². The number of rotatable bonds is 4. The van der Waals surface area contributed by atoms with Crippen LogP contribution in [0.4, 0.5) is 0 Å². The Morgan fingerprint density at radius 3 is 2.78 bits per heavy atom. The zero-order chi connectivity index (χ0) is 16.6. The summed E-state index contributed by atoms with van der Waals surface area (Å²) in [5, 5.41) is 10.9. The molecule has 2 nitrogen and oxygen atoms in total. The number of allylic oxidation sites excluding steroid dienone is 2. The number of hydrogen-bond acceptors (Lipinski definition) is 2. The Morgan fingerprint density at radius 2 is 2.04 bits per heavy atom. The van der Waals surface area contributed by atoms with Gasteiger partial charge < -0.3 is 9.84 Å². The second kappa shape index (κ2) is 6.88. The lowest BCUT2D eigenvalue weighted by atomic mass is 9.59. The molecule has 0 bridgehead atoms. The zero-order valence-corrected chi connectivity index (χ0v) is 15.6. The second-order valence-corrected chi connectivity index (χ2v) is 8.97. The second-order valence-electron chi connectivity index (χ2n) is 8.97. The molecule has 2 aliphatic carbocycles. The molecule has 1 heterocycles. The van der Waals surface area contributed by atoms with Crippen LogP contribution >= 0.6 is 0 Å². The van der Waals surface area contributed by atoms with Crippen LogP contribution in [0.2, 0.25) is 0 Å². The molecule has 0 aromatic heterocycles. The van der Waals surface area contributed by atoms with E-state index in [0.717, 1.165) is 12.8 Å². The molecule has 2 heteroatoms. The van der Waals surface area contributed by atoms with Crippen LogP contribution in [0.15, 0.2) is 11.6 Å². The van der Waals surface area contributed by atoms with E-state index in [4.69, 9.17) is 4.74 Å². The van der Waals surface area contributed by atoms with Gasteiger partial charge in [-0.3, -0.25) is 0 Å². The summed E-state index contributed by atoms with van der Waals surface area (Å²) in [5.41, 5.74) is 1.47. The van der Waals surface area contributed by atoms with Gasteiger partial charge in [0.1, 0.15) is 0 Å². The molecule has 3 rings (SSSR count). The summed E-state index contributed by atoms with van der Waals surface area (Å²) >= 11 is 0. The highest BCUT2D eigenvalue weighted by atomic mass is 16.5. The highest BCUT2D eigenvalue weighted by Gasteiger charge is 2.53. The maximum absolute atomic E-state index is 10.9. The van der Waals surface area contributed by atoms with Crippen LogP contribution in [0.5, 0.6) is 0 Å². The molecule has 6 atom stereocenters. The molecular formula is C21H36O2. The van der Waals surface area contributed by atoms with Crippen LogP contribution in [-0.4, -0.2) is 22.9 Å². The van der Waals surface area contributed by atoms with Crippen LogP contribution in [-0.2, 0) is 4.74 Å². The van der Waals surface area contributed by atoms with E-state index in [1.807, 2.05) is 0 Å². The number of aliphatic hydroxyl groups excluding tert-OH is 1. The van der Waals surface area contributed by atoms with Gasteiger partial charge >= 0.3 is 0 Å². The number of aliphatic hydroxyl groups is 1. The van der Waals surface area contributed by atoms with E-state index in [-0.39, 0.29) is 17.8 Å². The largest absolute Gasteiger partial charge is 0.393 e. The monoisotopic (exact) mass is 320 g/mol. The quantitative estimate of drug-likeness (QED) is 0.576. The number of unbranched alkanes of at least 4 members (excludes halogenated alkanes) is 2. The molecule has 0 spiro atoms. The minimum atomic E-state index is -0.175.